The fourth-order valence-corrected chi connectivity index (χ4v) is 2.17. The molecule has 0 aromatic heterocycles. The Balaban J connectivity index is 1.96. The highest BCUT2D eigenvalue weighted by atomic mass is 19.1. The van der Waals surface area contributed by atoms with Gasteiger partial charge in [-0.1, -0.05) is 30.3 Å². The standard InChI is InChI=1S/C17H19FN4O2/c1-12-7-8-13(9-15(12)18)10-20-17(19-2)21-11-14-5-3-4-6-16(14)22(23)24/h3-9H,10-11H2,1-2H3,(H2,19,20,21). The summed E-state index contributed by atoms with van der Waals surface area (Å²) >= 11 is 0. The summed E-state index contributed by atoms with van der Waals surface area (Å²) in [5.41, 5.74) is 2.00. The second kappa shape index (κ2) is 8.05. The molecule has 0 amide bonds. The van der Waals surface area contributed by atoms with Crippen LogP contribution in [0.4, 0.5) is 10.1 Å². The van der Waals surface area contributed by atoms with Crippen molar-refractivity contribution in [2.24, 2.45) is 4.99 Å². The van der Waals surface area contributed by atoms with E-state index in [1.807, 2.05) is 6.07 Å². The van der Waals surface area contributed by atoms with Crippen molar-refractivity contribution in [2.75, 3.05) is 7.05 Å². The lowest BCUT2D eigenvalue weighted by Gasteiger charge is -2.12. The number of rotatable bonds is 5. The molecule has 2 aromatic carbocycles. The van der Waals surface area contributed by atoms with Crippen molar-refractivity contribution in [3.05, 3.63) is 75.1 Å². The van der Waals surface area contributed by atoms with E-state index in [0.717, 1.165) is 5.56 Å². The van der Waals surface area contributed by atoms with E-state index in [4.69, 9.17) is 0 Å². The Morgan fingerprint density at radius 3 is 2.58 bits per heavy atom. The molecule has 0 aliphatic heterocycles. The third-order valence-electron chi connectivity index (χ3n) is 3.55. The lowest BCUT2D eigenvalue weighted by Crippen LogP contribution is -2.36. The van der Waals surface area contributed by atoms with Crippen LogP contribution in [0, 0.1) is 22.9 Å². The van der Waals surface area contributed by atoms with Crippen LogP contribution in [-0.4, -0.2) is 17.9 Å². The number of guanidine groups is 1. The van der Waals surface area contributed by atoms with E-state index in [9.17, 15) is 14.5 Å². The monoisotopic (exact) mass is 330 g/mol. The molecule has 0 atom stereocenters. The molecule has 7 heteroatoms. The summed E-state index contributed by atoms with van der Waals surface area (Å²) in [5, 5.41) is 17.1. The first-order valence-corrected chi connectivity index (χ1v) is 7.43. The Bertz CT molecular complexity index is 762. The predicted molar refractivity (Wildman–Crippen MR) is 91.3 cm³/mol. The zero-order valence-electron chi connectivity index (χ0n) is 13.5. The Morgan fingerprint density at radius 2 is 1.92 bits per heavy atom. The Hall–Kier alpha value is -2.96. The molecule has 0 fully saturated rings. The Labute approximate surface area is 139 Å². The molecule has 2 rings (SSSR count). The largest absolute Gasteiger partial charge is 0.352 e. The average Bonchev–Trinajstić information content (AvgIpc) is 2.58. The molecule has 0 aliphatic carbocycles. The fraction of sp³-hybridized carbons (Fsp3) is 0.235. The van der Waals surface area contributed by atoms with E-state index in [2.05, 4.69) is 15.6 Å². The maximum atomic E-state index is 13.5. The molecule has 24 heavy (non-hydrogen) atoms. The topological polar surface area (TPSA) is 79.6 Å². The van der Waals surface area contributed by atoms with Gasteiger partial charge in [-0.2, -0.15) is 0 Å². The molecule has 0 spiro atoms. The lowest BCUT2D eigenvalue weighted by molar-refractivity contribution is -0.385. The second-order valence-corrected chi connectivity index (χ2v) is 5.25. The Kier molecular flexibility index (Phi) is 5.83. The van der Waals surface area contributed by atoms with Crippen LogP contribution >= 0.6 is 0 Å². The maximum absolute atomic E-state index is 13.5. The van der Waals surface area contributed by atoms with Crippen molar-refractivity contribution >= 4 is 11.6 Å². The first kappa shape index (κ1) is 17.4. The van der Waals surface area contributed by atoms with E-state index < -0.39 is 4.92 Å². The molecule has 0 saturated heterocycles. The van der Waals surface area contributed by atoms with E-state index in [1.165, 1.54) is 12.1 Å². The number of hydrogen-bond donors (Lipinski definition) is 2. The number of para-hydroxylation sites is 1. The Morgan fingerprint density at radius 1 is 1.21 bits per heavy atom. The molecular formula is C17H19FN4O2. The van der Waals surface area contributed by atoms with Gasteiger partial charge in [0.1, 0.15) is 5.82 Å². The van der Waals surface area contributed by atoms with Crippen LogP contribution in [0.25, 0.3) is 0 Å². The van der Waals surface area contributed by atoms with Gasteiger partial charge >= 0.3 is 0 Å². The van der Waals surface area contributed by atoms with Gasteiger partial charge in [-0.15, -0.1) is 0 Å². The van der Waals surface area contributed by atoms with Gasteiger partial charge < -0.3 is 10.6 Å². The van der Waals surface area contributed by atoms with Crippen molar-refractivity contribution < 1.29 is 9.31 Å². The van der Waals surface area contributed by atoms with Crippen LogP contribution in [-0.2, 0) is 13.1 Å². The number of nitro benzene ring substituents is 1. The average molecular weight is 330 g/mol. The van der Waals surface area contributed by atoms with Crippen LogP contribution in [0.3, 0.4) is 0 Å². The van der Waals surface area contributed by atoms with Crippen LogP contribution in [0.2, 0.25) is 0 Å². The molecule has 6 nitrogen and oxygen atoms in total. The van der Waals surface area contributed by atoms with Gasteiger partial charge in [-0.05, 0) is 24.1 Å². The number of nitrogens with zero attached hydrogens (tertiary/aromatic N) is 2. The van der Waals surface area contributed by atoms with Gasteiger partial charge in [0.2, 0.25) is 0 Å². The minimum atomic E-state index is -0.414. The first-order valence-electron chi connectivity index (χ1n) is 7.43. The number of aryl methyl sites for hydroxylation is 1. The van der Waals surface area contributed by atoms with Gasteiger partial charge in [0.05, 0.1) is 4.92 Å². The highest BCUT2D eigenvalue weighted by Crippen LogP contribution is 2.17. The molecule has 0 radical (unpaired) electrons. The number of aliphatic imine (C=N–C) groups is 1. The fourth-order valence-electron chi connectivity index (χ4n) is 2.17. The van der Waals surface area contributed by atoms with Crippen LogP contribution in [0.5, 0.6) is 0 Å². The second-order valence-electron chi connectivity index (χ2n) is 5.25. The summed E-state index contributed by atoms with van der Waals surface area (Å²) < 4.78 is 13.5. The van der Waals surface area contributed by atoms with E-state index >= 15 is 0 Å². The van der Waals surface area contributed by atoms with Crippen molar-refractivity contribution in [1.29, 1.82) is 0 Å². The maximum Gasteiger partial charge on any atom is 0.274 e. The molecule has 0 bridgehead atoms. The summed E-state index contributed by atoms with van der Waals surface area (Å²) in [7, 11) is 1.60. The summed E-state index contributed by atoms with van der Waals surface area (Å²) in [6.45, 7) is 2.37. The number of halogens is 1. The van der Waals surface area contributed by atoms with Crippen LogP contribution in [0.15, 0.2) is 47.5 Å². The lowest BCUT2D eigenvalue weighted by atomic mass is 10.1. The minimum Gasteiger partial charge on any atom is -0.352 e. The number of nitro groups is 1. The summed E-state index contributed by atoms with van der Waals surface area (Å²) in [6.07, 6.45) is 0. The number of benzene rings is 2. The third-order valence-corrected chi connectivity index (χ3v) is 3.55. The third kappa shape index (κ3) is 4.52. The molecular weight excluding hydrogens is 311 g/mol. The summed E-state index contributed by atoms with van der Waals surface area (Å²) in [6, 6.07) is 11.5. The quantitative estimate of drug-likeness (QED) is 0.382. The van der Waals surface area contributed by atoms with Gasteiger partial charge in [0.25, 0.3) is 5.69 Å². The van der Waals surface area contributed by atoms with Crippen molar-refractivity contribution in [2.45, 2.75) is 20.0 Å². The number of hydrogen-bond acceptors (Lipinski definition) is 3. The highest BCUT2D eigenvalue weighted by Gasteiger charge is 2.12. The summed E-state index contributed by atoms with van der Waals surface area (Å²) in [5.74, 6) is 0.228. The SMILES string of the molecule is CN=C(NCc1ccc(C)c(F)c1)NCc1ccccc1[N+](=O)[O-]. The van der Waals surface area contributed by atoms with Crippen molar-refractivity contribution in [1.82, 2.24) is 10.6 Å². The summed E-state index contributed by atoms with van der Waals surface area (Å²) in [4.78, 5) is 14.7. The van der Waals surface area contributed by atoms with Gasteiger partial charge in [0.15, 0.2) is 5.96 Å². The zero-order chi connectivity index (χ0) is 17.5. The normalized spacial score (nSPS) is 11.2. The molecule has 2 aromatic rings. The highest BCUT2D eigenvalue weighted by molar-refractivity contribution is 5.79. The first-order chi connectivity index (χ1) is 11.5. The molecule has 0 aliphatic rings. The zero-order valence-corrected chi connectivity index (χ0v) is 13.5. The van der Waals surface area contributed by atoms with Gasteiger partial charge in [-0.3, -0.25) is 15.1 Å². The molecule has 126 valence electrons. The molecule has 0 saturated carbocycles. The predicted octanol–water partition coefficient (Wildman–Crippen LogP) is 2.91. The minimum absolute atomic E-state index is 0.0565. The smallest absolute Gasteiger partial charge is 0.274 e. The molecule has 0 heterocycles. The molecule has 2 N–H and O–H groups in total. The van der Waals surface area contributed by atoms with E-state index in [1.54, 1.807) is 38.2 Å². The van der Waals surface area contributed by atoms with Crippen molar-refractivity contribution in [3.8, 4) is 0 Å². The van der Waals surface area contributed by atoms with Crippen LogP contribution < -0.4 is 10.6 Å². The number of nitrogens with one attached hydrogen (secondary N) is 2. The van der Waals surface area contributed by atoms with Gasteiger partial charge in [0, 0.05) is 31.8 Å². The van der Waals surface area contributed by atoms with E-state index in [0.29, 0.717) is 23.6 Å². The van der Waals surface area contributed by atoms with E-state index in [-0.39, 0.29) is 18.0 Å². The molecule has 0 unspecified atom stereocenters. The van der Waals surface area contributed by atoms with Crippen LogP contribution in [0.1, 0.15) is 16.7 Å². The van der Waals surface area contributed by atoms with Gasteiger partial charge in [-0.25, -0.2) is 4.39 Å². The van der Waals surface area contributed by atoms with Crippen molar-refractivity contribution in [3.63, 3.8) is 0 Å².